The molecule has 24 heavy (non-hydrogen) atoms. The van der Waals surface area contributed by atoms with E-state index in [9.17, 15) is 9.18 Å². The van der Waals surface area contributed by atoms with Crippen LogP contribution in [0.2, 0.25) is 0 Å². The SMILES string of the molecule is CN(Cc1cccc(N)c1)C1CCN(c2ccccc2F)C1=O.Cl. The third-order valence-corrected chi connectivity index (χ3v) is 4.24. The van der Waals surface area contributed by atoms with E-state index in [2.05, 4.69) is 0 Å². The second-order valence-electron chi connectivity index (χ2n) is 5.91. The zero-order chi connectivity index (χ0) is 16.4. The van der Waals surface area contributed by atoms with Gasteiger partial charge in [-0.3, -0.25) is 9.69 Å². The maximum absolute atomic E-state index is 13.9. The molecule has 128 valence electrons. The molecule has 1 unspecified atom stereocenters. The summed E-state index contributed by atoms with van der Waals surface area (Å²) in [5, 5.41) is 0. The highest BCUT2D eigenvalue weighted by Gasteiger charge is 2.36. The molecular weight excluding hydrogens is 329 g/mol. The molecular formula is C18H21ClFN3O. The summed E-state index contributed by atoms with van der Waals surface area (Å²) in [5.41, 5.74) is 7.92. The molecule has 0 aliphatic carbocycles. The number of nitrogen functional groups attached to an aromatic ring is 1. The van der Waals surface area contributed by atoms with Crippen molar-refractivity contribution in [3.8, 4) is 0 Å². The molecule has 1 atom stereocenters. The average molecular weight is 350 g/mol. The first-order valence-electron chi connectivity index (χ1n) is 7.67. The Morgan fingerprint density at radius 1 is 1.25 bits per heavy atom. The van der Waals surface area contributed by atoms with Crippen LogP contribution >= 0.6 is 12.4 Å². The van der Waals surface area contributed by atoms with E-state index in [1.165, 1.54) is 11.0 Å². The third kappa shape index (κ3) is 3.68. The first-order chi connectivity index (χ1) is 11.1. The first kappa shape index (κ1) is 18.2. The summed E-state index contributed by atoms with van der Waals surface area (Å²) in [6.07, 6.45) is 0.686. The number of halogens is 2. The molecule has 2 N–H and O–H groups in total. The number of rotatable bonds is 4. The Bertz CT molecular complexity index is 725. The number of hydrogen-bond donors (Lipinski definition) is 1. The molecule has 0 bridgehead atoms. The molecule has 2 aromatic carbocycles. The minimum atomic E-state index is -0.361. The van der Waals surface area contributed by atoms with Crippen LogP contribution in [0, 0.1) is 5.82 Å². The van der Waals surface area contributed by atoms with Gasteiger partial charge in [-0.1, -0.05) is 24.3 Å². The Morgan fingerprint density at radius 2 is 2.00 bits per heavy atom. The zero-order valence-corrected chi connectivity index (χ0v) is 14.3. The number of likely N-dealkylation sites (N-methyl/N-ethyl adjacent to an activating group) is 1. The number of nitrogens with two attached hydrogens (primary N) is 1. The summed E-state index contributed by atoms with van der Waals surface area (Å²) in [4.78, 5) is 16.2. The standard InChI is InChI=1S/C18H20FN3O.ClH/c1-21(12-13-5-4-6-14(20)11-13)17-9-10-22(18(17)23)16-8-3-2-7-15(16)19;/h2-8,11,17H,9-10,12,20H2,1H3;1H. The van der Waals surface area contributed by atoms with Crippen molar-refractivity contribution in [3.05, 3.63) is 59.9 Å². The van der Waals surface area contributed by atoms with Crippen LogP contribution < -0.4 is 10.6 Å². The van der Waals surface area contributed by atoms with E-state index in [0.717, 1.165) is 5.56 Å². The van der Waals surface area contributed by atoms with Gasteiger partial charge in [0.1, 0.15) is 5.82 Å². The Hall–Kier alpha value is -2.11. The van der Waals surface area contributed by atoms with Crippen molar-refractivity contribution in [1.29, 1.82) is 0 Å². The third-order valence-electron chi connectivity index (χ3n) is 4.24. The van der Waals surface area contributed by atoms with Crippen molar-refractivity contribution in [2.75, 3.05) is 24.2 Å². The second kappa shape index (κ2) is 7.64. The predicted molar refractivity (Wildman–Crippen MR) is 96.7 cm³/mol. The molecule has 1 fully saturated rings. The smallest absolute Gasteiger partial charge is 0.244 e. The number of anilines is 2. The maximum Gasteiger partial charge on any atom is 0.244 e. The Morgan fingerprint density at radius 3 is 2.71 bits per heavy atom. The molecule has 1 heterocycles. The molecule has 0 aromatic heterocycles. The van der Waals surface area contributed by atoms with Gasteiger partial charge in [-0.15, -0.1) is 12.4 Å². The molecule has 1 saturated heterocycles. The average Bonchev–Trinajstić information content (AvgIpc) is 2.89. The minimum absolute atomic E-state index is 0. The lowest BCUT2D eigenvalue weighted by atomic mass is 10.1. The van der Waals surface area contributed by atoms with Crippen LogP contribution in [0.25, 0.3) is 0 Å². The highest BCUT2D eigenvalue weighted by molar-refractivity contribution is 5.99. The lowest BCUT2D eigenvalue weighted by molar-refractivity contribution is -0.121. The molecule has 0 radical (unpaired) electrons. The van der Waals surface area contributed by atoms with E-state index in [1.54, 1.807) is 18.2 Å². The quantitative estimate of drug-likeness (QED) is 0.863. The fourth-order valence-corrected chi connectivity index (χ4v) is 3.07. The van der Waals surface area contributed by atoms with Gasteiger partial charge >= 0.3 is 0 Å². The number of amides is 1. The topological polar surface area (TPSA) is 49.6 Å². The van der Waals surface area contributed by atoms with Crippen LogP contribution in [0.3, 0.4) is 0 Å². The maximum atomic E-state index is 13.9. The highest BCUT2D eigenvalue weighted by Crippen LogP contribution is 2.26. The van der Waals surface area contributed by atoms with E-state index >= 15 is 0 Å². The highest BCUT2D eigenvalue weighted by atomic mass is 35.5. The van der Waals surface area contributed by atoms with E-state index in [1.807, 2.05) is 36.2 Å². The minimum Gasteiger partial charge on any atom is -0.399 e. The Balaban J connectivity index is 0.00000208. The predicted octanol–water partition coefficient (Wildman–Crippen LogP) is 3.07. The summed E-state index contributed by atoms with van der Waals surface area (Å²) in [6, 6.07) is 13.8. The van der Waals surface area contributed by atoms with Crippen LogP contribution in [-0.2, 0) is 11.3 Å². The van der Waals surface area contributed by atoms with Crippen molar-refractivity contribution in [2.45, 2.75) is 19.0 Å². The number of carbonyl (C=O) groups is 1. The van der Waals surface area contributed by atoms with Crippen LogP contribution in [0.5, 0.6) is 0 Å². The summed E-state index contributed by atoms with van der Waals surface area (Å²) >= 11 is 0. The van der Waals surface area contributed by atoms with Crippen molar-refractivity contribution < 1.29 is 9.18 Å². The molecule has 1 aliphatic rings. The lowest BCUT2D eigenvalue weighted by Crippen LogP contribution is -2.39. The number of carbonyl (C=O) groups excluding carboxylic acids is 1. The van der Waals surface area contributed by atoms with Gasteiger partial charge in [-0.05, 0) is 43.3 Å². The Labute approximate surface area is 147 Å². The zero-order valence-electron chi connectivity index (χ0n) is 13.5. The number of benzene rings is 2. The van der Waals surface area contributed by atoms with Gasteiger partial charge in [0.15, 0.2) is 0 Å². The summed E-state index contributed by atoms with van der Waals surface area (Å²) in [5.74, 6) is -0.415. The molecule has 1 amide bonds. The van der Waals surface area contributed by atoms with Gasteiger partial charge in [-0.2, -0.15) is 0 Å². The largest absolute Gasteiger partial charge is 0.399 e. The number of nitrogens with zero attached hydrogens (tertiary/aromatic N) is 2. The molecule has 0 saturated carbocycles. The molecule has 2 aromatic rings. The number of para-hydroxylation sites is 1. The van der Waals surface area contributed by atoms with Gasteiger partial charge in [0.05, 0.1) is 11.7 Å². The van der Waals surface area contributed by atoms with E-state index in [4.69, 9.17) is 5.73 Å². The normalized spacial score (nSPS) is 17.2. The van der Waals surface area contributed by atoms with Crippen molar-refractivity contribution >= 4 is 29.7 Å². The van der Waals surface area contributed by atoms with E-state index in [0.29, 0.717) is 30.9 Å². The van der Waals surface area contributed by atoms with Crippen LogP contribution in [0.1, 0.15) is 12.0 Å². The van der Waals surface area contributed by atoms with Gasteiger partial charge in [0, 0.05) is 18.8 Å². The Kier molecular flexibility index (Phi) is 5.80. The fourth-order valence-electron chi connectivity index (χ4n) is 3.07. The first-order valence-corrected chi connectivity index (χ1v) is 7.67. The molecule has 4 nitrogen and oxygen atoms in total. The van der Waals surface area contributed by atoms with Crippen LogP contribution in [-0.4, -0.2) is 30.4 Å². The molecule has 0 spiro atoms. The fraction of sp³-hybridized carbons (Fsp3) is 0.278. The van der Waals surface area contributed by atoms with E-state index < -0.39 is 0 Å². The van der Waals surface area contributed by atoms with Gasteiger partial charge in [-0.25, -0.2) is 4.39 Å². The molecule has 3 rings (SSSR count). The monoisotopic (exact) mass is 349 g/mol. The second-order valence-corrected chi connectivity index (χ2v) is 5.91. The van der Waals surface area contributed by atoms with Gasteiger partial charge in [0.25, 0.3) is 0 Å². The summed E-state index contributed by atoms with van der Waals surface area (Å²) in [7, 11) is 1.91. The summed E-state index contributed by atoms with van der Waals surface area (Å²) < 4.78 is 13.9. The van der Waals surface area contributed by atoms with Crippen molar-refractivity contribution in [3.63, 3.8) is 0 Å². The summed E-state index contributed by atoms with van der Waals surface area (Å²) in [6.45, 7) is 1.16. The number of hydrogen-bond acceptors (Lipinski definition) is 3. The van der Waals surface area contributed by atoms with Gasteiger partial charge in [0.2, 0.25) is 5.91 Å². The van der Waals surface area contributed by atoms with E-state index in [-0.39, 0.29) is 30.2 Å². The van der Waals surface area contributed by atoms with Crippen molar-refractivity contribution in [1.82, 2.24) is 4.90 Å². The van der Waals surface area contributed by atoms with Crippen LogP contribution in [0.15, 0.2) is 48.5 Å². The van der Waals surface area contributed by atoms with Gasteiger partial charge < -0.3 is 10.6 Å². The molecule has 6 heteroatoms. The molecule has 1 aliphatic heterocycles. The van der Waals surface area contributed by atoms with Crippen LogP contribution in [0.4, 0.5) is 15.8 Å². The van der Waals surface area contributed by atoms with Crippen molar-refractivity contribution in [2.24, 2.45) is 0 Å². The lowest BCUT2D eigenvalue weighted by Gasteiger charge is -2.24.